The summed E-state index contributed by atoms with van der Waals surface area (Å²) in [6.45, 7) is 2.42. The van der Waals surface area contributed by atoms with Crippen molar-refractivity contribution >= 4 is 22.5 Å². The summed E-state index contributed by atoms with van der Waals surface area (Å²) < 4.78 is 0. The van der Waals surface area contributed by atoms with Gasteiger partial charge in [-0.05, 0) is 48.3 Å². The Morgan fingerprint density at radius 1 is 0.920 bits per heavy atom. The van der Waals surface area contributed by atoms with Gasteiger partial charge in [0.25, 0.3) is 0 Å². The van der Waals surface area contributed by atoms with Gasteiger partial charge < -0.3 is 0 Å². The van der Waals surface area contributed by atoms with E-state index in [1.165, 1.54) is 48.7 Å². The second kappa shape index (κ2) is 7.98. The van der Waals surface area contributed by atoms with E-state index in [1.807, 2.05) is 12.3 Å². The lowest BCUT2D eigenvalue weighted by Crippen LogP contribution is -2.29. The number of hydrogen-bond donors (Lipinski definition) is 0. The Morgan fingerprint density at radius 3 is 2.64 bits per heavy atom. The van der Waals surface area contributed by atoms with Gasteiger partial charge in [0, 0.05) is 18.3 Å². The molecule has 0 spiro atoms. The van der Waals surface area contributed by atoms with E-state index in [9.17, 15) is 0 Å². The number of benzene rings is 2. The van der Waals surface area contributed by atoms with Crippen molar-refractivity contribution in [3.63, 3.8) is 0 Å². The quantitative estimate of drug-likeness (QED) is 0.491. The number of rotatable bonds is 5. The number of nitrogens with zero attached hydrogens (tertiary/aromatic N) is 3. The fourth-order valence-electron chi connectivity index (χ4n) is 3.34. The van der Waals surface area contributed by atoms with Crippen LogP contribution in [0.15, 0.2) is 59.9 Å². The summed E-state index contributed by atoms with van der Waals surface area (Å²) >= 11 is 1.76. The first-order valence-corrected chi connectivity index (χ1v) is 10.0. The zero-order valence-corrected chi connectivity index (χ0v) is 15.2. The Hall–Kier alpha value is -1.91. The minimum Gasteiger partial charge on any atom is -0.294 e. The predicted molar refractivity (Wildman–Crippen MR) is 105 cm³/mol. The minimum absolute atomic E-state index is 0.852. The molecule has 2 heterocycles. The fraction of sp³-hybridized carbons (Fsp3) is 0.333. The van der Waals surface area contributed by atoms with Crippen LogP contribution in [0.5, 0.6) is 0 Å². The summed E-state index contributed by atoms with van der Waals surface area (Å²) in [6, 6.07) is 17.2. The first-order chi connectivity index (χ1) is 12.4. The molecule has 0 bridgehead atoms. The third kappa shape index (κ3) is 4.39. The van der Waals surface area contributed by atoms with Crippen LogP contribution < -0.4 is 0 Å². The highest BCUT2D eigenvalue weighted by atomic mass is 32.2. The summed E-state index contributed by atoms with van der Waals surface area (Å²) in [5.41, 5.74) is 2.39. The van der Waals surface area contributed by atoms with Gasteiger partial charge in [-0.3, -0.25) is 4.90 Å². The second-order valence-corrected chi connectivity index (χ2v) is 7.55. The van der Waals surface area contributed by atoms with Crippen molar-refractivity contribution in [3.05, 3.63) is 66.0 Å². The lowest BCUT2D eigenvalue weighted by atomic mass is 10.0. The highest BCUT2D eigenvalue weighted by Crippen LogP contribution is 2.20. The maximum atomic E-state index is 4.76. The van der Waals surface area contributed by atoms with E-state index in [-0.39, 0.29) is 0 Å². The molecule has 0 aliphatic carbocycles. The van der Waals surface area contributed by atoms with E-state index in [4.69, 9.17) is 4.98 Å². The Balaban J connectivity index is 1.43. The number of likely N-dealkylation sites (tertiary alicyclic amines) is 1. The molecule has 1 aromatic heterocycles. The van der Waals surface area contributed by atoms with Gasteiger partial charge in [0.05, 0.1) is 5.88 Å². The normalized spacial score (nSPS) is 15.5. The molecular formula is C21H23N3S. The smallest absolute Gasteiger partial charge is 0.189 e. The molecule has 4 heteroatoms. The molecule has 0 amide bonds. The van der Waals surface area contributed by atoms with Crippen LogP contribution in [0.25, 0.3) is 10.8 Å². The molecule has 1 aliphatic rings. The Bertz CT molecular complexity index is 843. The standard InChI is InChI=1S/C21H23N3S/c1-4-12-24(13-5-1)16-25-21-22-11-10-20(23-21)15-17-8-9-18-6-2-3-7-19(18)14-17/h2-3,6-11,14H,1,4-5,12-13,15-16H2. The van der Waals surface area contributed by atoms with E-state index in [2.05, 4.69) is 52.3 Å². The van der Waals surface area contributed by atoms with Crippen molar-refractivity contribution in [3.8, 4) is 0 Å². The number of fused-ring (bicyclic) bond motifs is 1. The molecule has 1 aliphatic heterocycles. The van der Waals surface area contributed by atoms with Crippen LogP contribution in [-0.4, -0.2) is 33.8 Å². The molecule has 4 rings (SSSR count). The summed E-state index contributed by atoms with van der Waals surface area (Å²) in [6.07, 6.45) is 6.76. The number of thioether (sulfide) groups is 1. The van der Waals surface area contributed by atoms with Crippen molar-refractivity contribution < 1.29 is 0 Å². The molecule has 0 saturated carbocycles. The lowest BCUT2D eigenvalue weighted by molar-refractivity contribution is 0.266. The molecule has 128 valence electrons. The van der Waals surface area contributed by atoms with Crippen LogP contribution in [0.1, 0.15) is 30.5 Å². The highest BCUT2D eigenvalue weighted by molar-refractivity contribution is 7.99. The second-order valence-electron chi connectivity index (χ2n) is 6.64. The van der Waals surface area contributed by atoms with Crippen molar-refractivity contribution in [1.82, 2.24) is 14.9 Å². The van der Waals surface area contributed by atoms with Crippen molar-refractivity contribution in [2.24, 2.45) is 0 Å². The van der Waals surface area contributed by atoms with Crippen LogP contribution in [0.4, 0.5) is 0 Å². The van der Waals surface area contributed by atoms with Gasteiger partial charge in [0.1, 0.15) is 0 Å². The Kier molecular flexibility index (Phi) is 5.28. The predicted octanol–water partition coefficient (Wildman–Crippen LogP) is 4.76. The third-order valence-electron chi connectivity index (χ3n) is 4.72. The number of hydrogen-bond acceptors (Lipinski definition) is 4. The van der Waals surface area contributed by atoms with Gasteiger partial charge in [-0.1, -0.05) is 60.6 Å². The van der Waals surface area contributed by atoms with Crippen molar-refractivity contribution in [2.75, 3.05) is 19.0 Å². The Labute approximate surface area is 153 Å². The first-order valence-electron chi connectivity index (χ1n) is 9.02. The van der Waals surface area contributed by atoms with E-state index < -0.39 is 0 Å². The molecule has 25 heavy (non-hydrogen) atoms. The van der Waals surface area contributed by atoms with Gasteiger partial charge in [-0.25, -0.2) is 9.97 Å². The van der Waals surface area contributed by atoms with E-state index in [1.54, 1.807) is 11.8 Å². The number of piperidine rings is 1. The largest absolute Gasteiger partial charge is 0.294 e. The Morgan fingerprint density at radius 2 is 1.76 bits per heavy atom. The topological polar surface area (TPSA) is 29.0 Å². The highest BCUT2D eigenvalue weighted by Gasteiger charge is 2.11. The van der Waals surface area contributed by atoms with Crippen LogP contribution in [0.2, 0.25) is 0 Å². The van der Waals surface area contributed by atoms with Gasteiger partial charge >= 0.3 is 0 Å². The molecule has 3 nitrogen and oxygen atoms in total. The third-order valence-corrected chi connectivity index (χ3v) is 5.66. The maximum Gasteiger partial charge on any atom is 0.189 e. The summed E-state index contributed by atoms with van der Waals surface area (Å²) in [5.74, 6) is 0.999. The zero-order valence-electron chi connectivity index (χ0n) is 14.4. The van der Waals surface area contributed by atoms with E-state index >= 15 is 0 Å². The molecule has 0 radical (unpaired) electrons. The van der Waals surface area contributed by atoms with Crippen LogP contribution in [0.3, 0.4) is 0 Å². The monoisotopic (exact) mass is 349 g/mol. The van der Waals surface area contributed by atoms with E-state index in [0.717, 1.165) is 23.1 Å². The van der Waals surface area contributed by atoms with Gasteiger partial charge in [0.15, 0.2) is 5.16 Å². The molecule has 1 fully saturated rings. The maximum absolute atomic E-state index is 4.76. The van der Waals surface area contributed by atoms with Gasteiger partial charge in [0.2, 0.25) is 0 Å². The molecule has 0 unspecified atom stereocenters. The molecule has 0 atom stereocenters. The fourth-order valence-corrected chi connectivity index (χ4v) is 4.21. The van der Waals surface area contributed by atoms with Gasteiger partial charge in [-0.2, -0.15) is 0 Å². The molecule has 2 aromatic carbocycles. The molecule has 0 N–H and O–H groups in total. The summed E-state index contributed by atoms with van der Waals surface area (Å²) in [7, 11) is 0. The van der Waals surface area contributed by atoms with Crippen LogP contribution in [-0.2, 0) is 6.42 Å². The van der Waals surface area contributed by atoms with E-state index in [0.29, 0.717) is 0 Å². The lowest BCUT2D eigenvalue weighted by Gasteiger charge is -2.25. The van der Waals surface area contributed by atoms with Crippen LogP contribution in [0, 0.1) is 0 Å². The molecule has 3 aromatic rings. The summed E-state index contributed by atoms with van der Waals surface area (Å²) in [4.78, 5) is 11.7. The minimum atomic E-state index is 0.852. The molecule has 1 saturated heterocycles. The molecular weight excluding hydrogens is 326 g/mol. The first kappa shape index (κ1) is 16.6. The average Bonchev–Trinajstić information content (AvgIpc) is 2.67. The average molecular weight is 350 g/mol. The van der Waals surface area contributed by atoms with Gasteiger partial charge in [-0.15, -0.1) is 0 Å². The number of aromatic nitrogens is 2. The van der Waals surface area contributed by atoms with Crippen molar-refractivity contribution in [1.29, 1.82) is 0 Å². The summed E-state index contributed by atoms with van der Waals surface area (Å²) in [5, 5.41) is 3.46. The van der Waals surface area contributed by atoms with Crippen LogP contribution >= 0.6 is 11.8 Å². The SMILES string of the molecule is c1ccc2cc(Cc3ccnc(SCN4CCCCC4)n3)ccc2c1. The zero-order chi connectivity index (χ0) is 16.9. The van der Waals surface area contributed by atoms with Crippen molar-refractivity contribution in [2.45, 2.75) is 30.8 Å².